The van der Waals surface area contributed by atoms with Gasteiger partial charge in [-0.1, -0.05) is 48.0 Å². The van der Waals surface area contributed by atoms with Crippen molar-refractivity contribution in [1.82, 2.24) is 4.90 Å². The first kappa shape index (κ1) is 15.8. The van der Waals surface area contributed by atoms with Crippen LogP contribution < -0.4 is 5.73 Å². The van der Waals surface area contributed by atoms with Gasteiger partial charge in [0.15, 0.2) is 0 Å². The minimum Gasteiger partial charge on any atom is -0.508 e. The van der Waals surface area contributed by atoms with E-state index in [1.165, 1.54) is 5.56 Å². The Balaban J connectivity index is 2.12. The molecule has 2 aromatic carbocycles. The molecule has 21 heavy (non-hydrogen) atoms. The zero-order valence-corrected chi connectivity index (χ0v) is 12.8. The molecule has 0 aliphatic carbocycles. The van der Waals surface area contributed by atoms with Crippen LogP contribution in [0, 0.1) is 0 Å². The Labute approximate surface area is 131 Å². The number of aromatic hydroxyl groups is 1. The van der Waals surface area contributed by atoms with Crippen LogP contribution >= 0.6 is 11.6 Å². The summed E-state index contributed by atoms with van der Waals surface area (Å²) in [5.41, 5.74) is 7.63. The smallest absolute Gasteiger partial charge is 0.121 e. The molecule has 0 aliphatic heterocycles. The molecule has 0 heterocycles. The summed E-state index contributed by atoms with van der Waals surface area (Å²) < 4.78 is 0. The van der Waals surface area contributed by atoms with Gasteiger partial charge >= 0.3 is 0 Å². The Morgan fingerprint density at radius 2 is 1.76 bits per heavy atom. The number of halogens is 1. The van der Waals surface area contributed by atoms with Crippen LogP contribution in [0.1, 0.15) is 17.5 Å². The average molecular weight is 305 g/mol. The van der Waals surface area contributed by atoms with Crippen molar-refractivity contribution in [3.05, 3.63) is 64.7 Å². The molecule has 112 valence electrons. The number of hydrogen-bond donors (Lipinski definition) is 2. The van der Waals surface area contributed by atoms with Crippen molar-refractivity contribution in [2.24, 2.45) is 5.73 Å². The van der Waals surface area contributed by atoms with Gasteiger partial charge in [-0.2, -0.15) is 0 Å². The first-order valence-corrected chi connectivity index (χ1v) is 7.51. The van der Waals surface area contributed by atoms with E-state index in [4.69, 9.17) is 17.3 Å². The predicted molar refractivity (Wildman–Crippen MR) is 87.3 cm³/mol. The Morgan fingerprint density at radius 1 is 1.00 bits per heavy atom. The van der Waals surface area contributed by atoms with Gasteiger partial charge in [0.2, 0.25) is 0 Å². The van der Waals surface area contributed by atoms with Crippen molar-refractivity contribution in [2.75, 3.05) is 13.1 Å². The van der Waals surface area contributed by atoms with Gasteiger partial charge in [-0.05, 0) is 30.7 Å². The van der Waals surface area contributed by atoms with Gasteiger partial charge in [0.05, 0.1) is 0 Å². The normalized spacial score (nSPS) is 11.0. The molecule has 0 spiro atoms. The van der Waals surface area contributed by atoms with Gasteiger partial charge < -0.3 is 10.8 Å². The Bertz CT molecular complexity index is 540. The van der Waals surface area contributed by atoms with Gasteiger partial charge in [0, 0.05) is 30.2 Å². The second-order valence-electron chi connectivity index (χ2n) is 5.08. The van der Waals surface area contributed by atoms with Gasteiger partial charge in [-0.15, -0.1) is 0 Å². The Hall–Kier alpha value is -1.55. The van der Waals surface area contributed by atoms with E-state index in [0.717, 1.165) is 25.1 Å². The van der Waals surface area contributed by atoms with Crippen molar-refractivity contribution in [2.45, 2.75) is 19.5 Å². The summed E-state index contributed by atoms with van der Waals surface area (Å²) in [5.74, 6) is 0.244. The number of hydrogen-bond acceptors (Lipinski definition) is 3. The van der Waals surface area contributed by atoms with Crippen LogP contribution in [0.4, 0.5) is 0 Å². The van der Waals surface area contributed by atoms with E-state index >= 15 is 0 Å². The lowest BCUT2D eigenvalue weighted by Crippen LogP contribution is -2.25. The van der Waals surface area contributed by atoms with Crippen molar-refractivity contribution in [1.29, 1.82) is 0 Å². The highest BCUT2D eigenvalue weighted by Crippen LogP contribution is 2.27. The topological polar surface area (TPSA) is 49.5 Å². The van der Waals surface area contributed by atoms with Crippen LogP contribution in [-0.4, -0.2) is 23.1 Å². The summed E-state index contributed by atoms with van der Waals surface area (Å²) >= 11 is 6.20. The molecule has 0 saturated carbocycles. The molecule has 0 aliphatic rings. The van der Waals surface area contributed by atoms with Crippen LogP contribution in [0.15, 0.2) is 48.5 Å². The van der Waals surface area contributed by atoms with Crippen LogP contribution in [0.2, 0.25) is 5.02 Å². The van der Waals surface area contributed by atoms with Gasteiger partial charge in [0.1, 0.15) is 5.75 Å². The SMILES string of the molecule is NCCCN(Cc1ccccc1)Cc1c(O)cccc1Cl. The maximum Gasteiger partial charge on any atom is 0.121 e. The monoisotopic (exact) mass is 304 g/mol. The molecule has 0 saturated heterocycles. The number of benzene rings is 2. The average Bonchev–Trinajstić information content (AvgIpc) is 2.49. The maximum atomic E-state index is 10.00. The van der Waals surface area contributed by atoms with E-state index in [9.17, 15) is 5.11 Å². The lowest BCUT2D eigenvalue weighted by Gasteiger charge is -2.23. The van der Waals surface area contributed by atoms with Crippen LogP contribution in [0.25, 0.3) is 0 Å². The van der Waals surface area contributed by atoms with Gasteiger partial charge in [-0.3, -0.25) is 4.90 Å². The summed E-state index contributed by atoms with van der Waals surface area (Å²) in [6, 6.07) is 15.5. The molecule has 0 aromatic heterocycles. The van der Waals surface area contributed by atoms with E-state index in [0.29, 0.717) is 18.1 Å². The number of nitrogens with zero attached hydrogens (tertiary/aromatic N) is 1. The molecule has 3 nitrogen and oxygen atoms in total. The van der Waals surface area contributed by atoms with Crippen LogP contribution in [0.3, 0.4) is 0 Å². The molecule has 2 aromatic rings. The fraction of sp³-hybridized carbons (Fsp3) is 0.294. The second kappa shape index (κ2) is 8.03. The van der Waals surface area contributed by atoms with Crippen LogP contribution in [0.5, 0.6) is 5.75 Å². The molecular weight excluding hydrogens is 284 g/mol. The van der Waals surface area contributed by atoms with E-state index in [-0.39, 0.29) is 5.75 Å². The summed E-state index contributed by atoms with van der Waals surface area (Å²) in [6.45, 7) is 2.95. The number of nitrogens with two attached hydrogens (primary N) is 1. The molecule has 0 fully saturated rings. The van der Waals surface area contributed by atoms with Gasteiger partial charge in [-0.25, -0.2) is 0 Å². The number of phenolic OH excluding ortho intramolecular Hbond substituents is 1. The van der Waals surface area contributed by atoms with E-state index in [2.05, 4.69) is 17.0 Å². The predicted octanol–water partition coefficient (Wildman–Crippen LogP) is 3.40. The minimum atomic E-state index is 0.244. The molecule has 0 bridgehead atoms. The summed E-state index contributed by atoms with van der Waals surface area (Å²) in [7, 11) is 0. The molecule has 4 heteroatoms. The molecule has 0 atom stereocenters. The molecule has 0 radical (unpaired) electrons. The maximum absolute atomic E-state index is 10.00. The standard InChI is InChI=1S/C17H21ClN2O/c18-16-8-4-9-17(21)15(16)13-20(11-5-10-19)12-14-6-2-1-3-7-14/h1-4,6-9,21H,5,10-13,19H2. The van der Waals surface area contributed by atoms with E-state index < -0.39 is 0 Å². The second-order valence-corrected chi connectivity index (χ2v) is 5.48. The highest BCUT2D eigenvalue weighted by atomic mass is 35.5. The first-order chi connectivity index (χ1) is 10.2. The van der Waals surface area contributed by atoms with Crippen LogP contribution in [-0.2, 0) is 13.1 Å². The zero-order chi connectivity index (χ0) is 15.1. The molecule has 0 amide bonds. The third-order valence-electron chi connectivity index (χ3n) is 3.40. The van der Waals surface area contributed by atoms with Crippen molar-refractivity contribution in [3.63, 3.8) is 0 Å². The Kier molecular flexibility index (Phi) is 6.05. The van der Waals surface area contributed by atoms with Crippen molar-refractivity contribution >= 4 is 11.6 Å². The van der Waals surface area contributed by atoms with Crippen molar-refractivity contribution < 1.29 is 5.11 Å². The molecular formula is C17H21ClN2O. The highest BCUT2D eigenvalue weighted by Gasteiger charge is 2.12. The summed E-state index contributed by atoms with van der Waals surface area (Å²) in [4.78, 5) is 2.25. The lowest BCUT2D eigenvalue weighted by molar-refractivity contribution is 0.251. The fourth-order valence-electron chi connectivity index (χ4n) is 2.30. The first-order valence-electron chi connectivity index (χ1n) is 7.13. The number of phenols is 1. The van der Waals surface area contributed by atoms with E-state index in [1.807, 2.05) is 18.2 Å². The molecule has 0 unspecified atom stereocenters. The fourth-order valence-corrected chi connectivity index (χ4v) is 2.53. The number of rotatable bonds is 7. The summed E-state index contributed by atoms with van der Waals surface area (Å²) in [6.07, 6.45) is 0.915. The van der Waals surface area contributed by atoms with E-state index in [1.54, 1.807) is 18.2 Å². The highest BCUT2D eigenvalue weighted by molar-refractivity contribution is 6.31. The largest absolute Gasteiger partial charge is 0.508 e. The molecule has 2 rings (SSSR count). The van der Waals surface area contributed by atoms with Crippen molar-refractivity contribution in [3.8, 4) is 5.75 Å². The van der Waals surface area contributed by atoms with Gasteiger partial charge in [0.25, 0.3) is 0 Å². The lowest BCUT2D eigenvalue weighted by atomic mass is 10.1. The Morgan fingerprint density at radius 3 is 2.43 bits per heavy atom. The zero-order valence-electron chi connectivity index (χ0n) is 12.0. The third-order valence-corrected chi connectivity index (χ3v) is 3.76. The molecule has 3 N–H and O–H groups in total. The third kappa shape index (κ3) is 4.74. The minimum absolute atomic E-state index is 0.244. The quantitative estimate of drug-likeness (QED) is 0.824. The summed E-state index contributed by atoms with van der Waals surface area (Å²) in [5, 5.41) is 10.6.